The SMILES string of the molecule is O/N=C1\C[C@H]2C[C@H]1[C@@H]1CCC[C@H]21. The van der Waals surface area contributed by atoms with Crippen LogP contribution in [0.2, 0.25) is 0 Å². The summed E-state index contributed by atoms with van der Waals surface area (Å²) in [5.41, 5.74) is 1.11. The zero-order valence-electron chi connectivity index (χ0n) is 7.24. The molecule has 3 fully saturated rings. The lowest BCUT2D eigenvalue weighted by Crippen LogP contribution is -2.24. The summed E-state index contributed by atoms with van der Waals surface area (Å²) >= 11 is 0. The molecule has 3 saturated carbocycles. The summed E-state index contributed by atoms with van der Waals surface area (Å²) in [5.74, 6) is 3.45. The highest BCUT2D eigenvalue weighted by atomic mass is 16.4. The third-order valence-electron chi connectivity index (χ3n) is 4.33. The molecule has 1 N–H and O–H groups in total. The lowest BCUT2D eigenvalue weighted by atomic mass is 9.81. The van der Waals surface area contributed by atoms with E-state index >= 15 is 0 Å². The van der Waals surface area contributed by atoms with Crippen LogP contribution >= 0.6 is 0 Å². The number of rotatable bonds is 0. The zero-order valence-corrected chi connectivity index (χ0v) is 7.24. The molecule has 3 aliphatic carbocycles. The molecule has 2 heteroatoms. The van der Waals surface area contributed by atoms with E-state index < -0.39 is 0 Å². The van der Waals surface area contributed by atoms with E-state index in [1.807, 2.05) is 0 Å². The molecule has 0 radical (unpaired) electrons. The Labute approximate surface area is 72.6 Å². The summed E-state index contributed by atoms with van der Waals surface area (Å²) < 4.78 is 0. The zero-order chi connectivity index (χ0) is 8.13. The molecule has 12 heavy (non-hydrogen) atoms. The molecule has 0 amide bonds. The van der Waals surface area contributed by atoms with Crippen LogP contribution in [0.5, 0.6) is 0 Å². The van der Waals surface area contributed by atoms with Crippen molar-refractivity contribution in [1.82, 2.24) is 0 Å². The van der Waals surface area contributed by atoms with Crippen molar-refractivity contribution in [3.63, 3.8) is 0 Å². The van der Waals surface area contributed by atoms with Gasteiger partial charge in [0.15, 0.2) is 0 Å². The van der Waals surface area contributed by atoms with Gasteiger partial charge < -0.3 is 5.21 Å². The lowest BCUT2D eigenvalue weighted by Gasteiger charge is -2.24. The normalized spacial score (nSPS) is 53.5. The molecule has 0 saturated heterocycles. The average Bonchev–Trinajstić information content (AvgIpc) is 2.75. The van der Waals surface area contributed by atoms with E-state index in [0.29, 0.717) is 5.92 Å². The van der Waals surface area contributed by atoms with E-state index in [-0.39, 0.29) is 0 Å². The first-order chi connectivity index (χ1) is 5.90. The Bertz CT molecular complexity index is 236. The van der Waals surface area contributed by atoms with E-state index in [1.165, 1.54) is 25.7 Å². The topological polar surface area (TPSA) is 32.6 Å². The van der Waals surface area contributed by atoms with Crippen LogP contribution in [-0.4, -0.2) is 10.9 Å². The van der Waals surface area contributed by atoms with E-state index in [2.05, 4.69) is 5.16 Å². The molecular weight excluding hydrogens is 150 g/mol. The van der Waals surface area contributed by atoms with Crippen LogP contribution in [0.25, 0.3) is 0 Å². The van der Waals surface area contributed by atoms with Crippen LogP contribution in [-0.2, 0) is 0 Å². The van der Waals surface area contributed by atoms with Gasteiger partial charge in [0.2, 0.25) is 0 Å². The second-order valence-corrected chi connectivity index (χ2v) is 4.66. The second-order valence-electron chi connectivity index (χ2n) is 4.66. The van der Waals surface area contributed by atoms with Gasteiger partial charge in [-0.15, -0.1) is 0 Å². The Morgan fingerprint density at radius 1 is 1.25 bits per heavy atom. The highest BCUT2D eigenvalue weighted by molar-refractivity contribution is 5.89. The Morgan fingerprint density at radius 3 is 2.92 bits per heavy atom. The van der Waals surface area contributed by atoms with Gasteiger partial charge in [0.05, 0.1) is 5.71 Å². The number of fused-ring (bicyclic) bond motifs is 5. The second kappa shape index (κ2) is 2.24. The van der Waals surface area contributed by atoms with Crippen LogP contribution in [0.3, 0.4) is 0 Å². The molecule has 4 atom stereocenters. The minimum absolute atomic E-state index is 0.674. The van der Waals surface area contributed by atoms with Crippen molar-refractivity contribution in [1.29, 1.82) is 0 Å². The molecule has 0 heterocycles. The molecule has 0 spiro atoms. The number of oxime groups is 1. The molecule has 0 aliphatic heterocycles. The van der Waals surface area contributed by atoms with Gasteiger partial charge in [-0.05, 0) is 43.4 Å². The first kappa shape index (κ1) is 6.93. The molecule has 0 unspecified atom stereocenters. The fraction of sp³-hybridized carbons (Fsp3) is 0.900. The van der Waals surface area contributed by atoms with Crippen molar-refractivity contribution in [2.45, 2.75) is 32.1 Å². The van der Waals surface area contributed by atoms with E-state index in [1.54, 1.807) is 0 Å². The molecule has 2 bridgehead atoms. The van der Waals surface area contributed by atoms with Gasteiger partial charge in [0.1, 0.15) is 0 Å². The van der Waals surface area contributed by atoms with Crippen molar-refractivity contribution in [3.05, 3.63) is 0 Å². The molecule has 2 nitrogen and oxygen atoms in total. The van der Waals surface area contributed by atoms with Crippen LogP contribution < -0.4 is 0 Å². The molecule has 3 rings (SSSR count). The summed E-state index contributed by atoms with van der Waals surface area (Å²) in [6.45, 7) is 0. The first-order valence-electron chi connectivity index (χ1n) is 5.11. The van der Waals surface area contributed by atoms with Gasteiger partial charge in [-0.1, -0.05) is 11.6 Å². The van der Waals surface area contributed by atoms with Gasteiger partial charge in [-0.2, -0.15) is 0 Å². The van der Waals surface area contributed by atoms with Crippen LogP contribution in [0, 0.1) is 23.7 Å². The van der Waals surface area contributed by atoms with E-state index in [4.69, 9.17) is 5.21 Å². The maximum atomic E-state index is 8.80. The van der Waals surface area contributed by atoms with Gasteiger partial charge in [0, 0.05) is 5.92 Å². The largest absolute Gasteiger partial charge is 0.411 e. The quantitative estimate of drug-likeness (QED) is 0.433. The third-order valence-corrected chi connectivity index (χ3v) is 4.33. The Kier molecular flexibility index (Phi) is 1.29. The highest BCUT2D eigenvalue weighted by Gasteiger charge is 2.52. The number of nitrogens with zero attached hydrogens (tertiary/aromatic N) is 1. The Hall–Kier alpha value is -0.530. The van der Waals surface area contributed by atoms with Gasteiger partial charge in [-0.25, -0.2) is 0 Å². The van der Waals surface area contributed by atoms with Crippen molar-refractivity contribution in [2.24, 2.45) is 28.8 Å². The van der Waals surface area contributed by atoms with Crippen molar-refractivity contribution in [2.75, 3.05) is 0 Å². The Morgan fingerprint density at radius 2 is 2.08 bits per heavy atom. The standard InChI is InChI=1S/C10H15NO/c12-11-10-5-6-4-9(10)8-3-1-2-7(6)8/h6-9,12H,1-5H2/b11-10+/t6-,7-,8-,9+/m1/s1. The van der Waals surface area contributed by atoms with Crippen LogP contribution in [0.1, 0.15) is 32.1 Å². The minimum atomic E-state index is 0.674. The molecule has 3 aliphatic rings. The summed E-state index contributed by atoms with van der Waals surface area (Å²) in [7, 11) is 0. The third kappa shape index (κ3) is 0.686. The monoisotopic (exact) mass is 165 g/mol. The summed E-state index contributed by atoms with van der Waals surface area (Å²) in [6.07, 6.45) is 6.69. The first-order valence-corrected chi connectivity index (χ1v) is 5.11. The van der Waals surface area contributed by atoms with Crippen LogP contribution in [0.4, 0.5) is 0 Å². The summed E-state index contributed by atoms with van der Waals surface area (Å²) in [6, 6.07) is 0. The maximum Gasteiger partial charge on any atom is 0.0607 e. The Balaban J connectivity index is 1.92. The van der Waals surface area contributed by atoms with Gasteiger partial charge >= 0.3 is 0 Å². The highest BCUT2D eigenvalue weighted by Crippen LogP contribution is 2.57. The van der Waals surface area contributed by atoms with Gasteiger partial charge in [0.25, 0.3) is 0 Å². The van der Waals surface area contributed by atoms with Crippen LogP contribution in [0.15, 0.2) is 5.16 Å². The molecule has 0 aromatic carbocycles. The summed E-state index contributed by atoms with van der Waals surface area (Å²) in [4.78, 5) is 0. The average molecular weight is 165 g/mol. The number of hydrogen-bond donors (Lipinski definition) is 1. The van der Waals surface area contributed by atoms with Gasteiger partial charge in [-0.3, -0.25) is 0 Å². The number of hydrogen-bond acceptors (Lipinski definition) is 2. The molecular formula is C10H15NO. The van der Waals surface area contributed by atoms with E-state index in [9.17, 15) is 0 Å². The van der Waals surface area contributed by atoms with Crippen molar-refractivity contribution >= 4 is 5.71 Å². The molecule has 0 aromatic rings. The fourth-order valence-corrected chi connectivity index (χ4v) is 3.93. The van der Waals surface area contributed by atoms with Crippen molar-refractivity contribution in [3.8, 4) is 0 Å². The predicted molar refractivity (Wildman–Crippen MR) is 46.3 cm³/mol. The van der Waals surface area contributed by atoms with Crippen molar-refractivity contribution < 1.29 is 5.21 Å². The smallest absolute Gasteiger partial charge is 0.0607 e. The van der Waals surface area contributed by atoms with E-state index in [0.717, 1.165) is 29.9 Å². The lowest BCUT2D eigenvalue weighted by molar-refractivity contribution is 0.293. The minimum Gasteiger partial charge on any atom is -0.411 e. The maximum absolute atomic E-state index is 8.80. The fourth-order valence-electron chi connectivity index (χ4n) is 3.93. The summed E-state index contributed by atoms with van der Waals surface area (Å²) in [5, 5.41) is 12.2. The predicted octanol–water partition coefficient (Wildman–Crippen LogP) is 2.27. The molecule has 66 valence electrons. The molecule has 0 aromatic heterocycles.